The number of likely N-dealkylation sites (tertiary alicyclic amines) is 1. The third kappa shape index (κ3) is 2.30. The first kappa shape index (κ1) is 13.1. The normalized spacial score (nSPS) is 26.1. The standard InChI is InChI=1S/C14H20N4O2/c1-9-11(8-17(2)16-9)14(20)18-6-5-12-10(7-18)3-4-13(19)15-12/h8,10,12H,3-7H2,1-2H3,(H,15,19). The average molecular weight is 276 g/mol. The predicted molar refractivity (Wildman–Crippen MR) is 73.1 cm³/mol. The number of amides is 2. The molecule has 2 saturated heterocycles. The number of rotatable bonds is 1. The minimum Gasteiger partial charge on any atom is -0.353 e. The lowest BCUT2D eigenvalue weighted by Crippen LogP contribution is -2.55. The molecule has 0 bridgehead atoms. The third-order valence-corrected chi connectivity index (χ3v) is 4.35. The van der Waals surface area contributed by atoms with E-state index >= 15 is 0 Å². The van der Waals surface area contributed by atoms with E-state index in [2.05, 4.69) is 10.4 Å². The summed E-state index contributed by atoms with van der Waals surface area (Å²) in [6.45, 7) is 3.30. The molecular formula is C14H20N4O2. The zero-order chi connectivity index (χ0) is 14.3. The number of nitrogens with one attached hydrogen (secondary N) is 1. The van der Waals surface area contributed by atoms with Crippen LogP contribution in [0.15, 0.2) is 6.20 Å². The summed E-state index contributed by atoms with van der Waals surface area (Å²) in [5.74, 6) is 0.599. The average Bonchev–Trinajstić information content (AvgIpc) is 2.76. The van der Waals surface area contributed by atoms with Gasteiger partial charge < -0.3 is 10.2 Å². The summed E-state index contributed by atoms with van der Waals surface area (Å²) in [7, 11) is 1.83. The van der Waals surface area contributed by atoms with Crippen LogP contribution in [-0.2, 0) is 11.8 Å². The van der Waals surface area contributed by atoms with E-state index in [-0.39, 0.29) is 17.9 Å². The number of hydrogen-bond acceptors (Lipinski definition) is 3. The molecule has 20 heavy (non-hydrogen) atoms. The van der Waals surface area contributed by atoms with Crippen molar-refractivity contribution in [2.45, 2.75) is 32.2 Å². The van der Waals surface area contributed by atoms with Crippen LogP contribution in [0.1, 0.15) is 35.3 Å². The summed E-state index contributed by atoms with van der Waals surface area (Å²) in [6.07, 6.45) is 4.09. The smallest absolute Gasteiger partial charge is 0.257 e. The SMILES string of the molecule is Cc1nn(C)cc1C(=O)N1CCC2NC(=O)CCC2C1. The van der Waals surface area contributed by atoms with Crippen molar-refractivity contribution in [2.24, 2.45) is 13.0 Å². The van der Waals surface area contributed by atoms with E-state index in [0.29, 0.717) is 24.4 Å². The van der Waals surface area contributed by atoms with Gasteiger partial charge in [-0.05, 0) is 25.7 Å². The summed E-state index contributed by atoms with van der Waals surface area (Å²) >= 11 is 0. The Hall–Kier alpha value is -1.85. The van der Waals surface area contributed by atoms with E-state index in [4.69, 9.17) is 0 Å². The van der Waals surface area contributed by atoms with Crippen LogP contribution in [0.25, 0.3) is 0 Å². The van der Waals surface area contributed by atoms with Crippen LogP contribution >= 0.6 is 0 Å². The second-order valence-electron chi connectivity index (χ2n) is 5.81. The molecule has 108 valence electrons. The molecule has 2 unspecified atom stereocenters. The van der Waals surface area contributed by atoms with Crippen molar-refractivity contribution in [1.29, 1.82) is 0 Å². The Morgan fingerprint density at radius 3 is 2.95 bits per heavy atom. The first-order valence-electron chi connectivity index (χ1n) is 7.13. The molecule has 0 radical (unpaired) electrons. The van der Waals surface area contributed by atoms with Crippen molar-refractivity contribution in [3.8, 4) is 0 Å². The molecule has 0 aliphatic carbocycles. The van der Waals surface area contributed by atoms with Crippen molar-refractivity contribution in [3.05, 3.63) is 17.5 Å². The van der Waals surface area contributed by atoms with Gasteiger partial charge in [-0.2, -0.15) is 5.10 Å². The Bertz CT molecular complexity index is 551. The van der Waals surface area contributed by atoms with Gasteiger partial charge in [-0.15, -0.1) is 0 Å². The van der Waals surface area contributed by atoms with Crippen LogP contribution in [0.2, 0.25) is 0 Å². The van der Waals surface area contributed by atoms with Crippen LogP contribution < -0.4 is 5.32 Å². The molecule has 1 aromatic heterocycles. The fourth-order valence-corrected chi connectivity index (χ4v) is 3.27. The van der Waals surface area contributed by atoms with Crippen molar-refractivity contribution < 1.29 is 9.59 Å². The number of piperidine rings is 2. The molecule has 2 atom stereocenters. The summed E-state index contributed by atoms with van der Waals surface area (Å²) in [6, 6.07) is 0.246. The number of fused-ring (bicyclic) bond motifs is 1. The number of carbonyl (C=O) groups is 2. The molecule has 3 heterocycles. The Kier molecular flexibility index (Phi) is 3.23. The highest BCUT2D eigenvalue weighted by atomic mass is 16.2. The Balaban J connectivity index is 1.71. The zero-order valence-electron chi connectivity index (χ0n) is 11.9. The molecule has 1 aromatic rings. The van der Waals surface area contributed by atoms with Crippen LogP contribution in [0.5, 0.6) is 0 Å². The van der Waals surface area contributed by atoms with Gasteiger partial charge >= 0.3 is 0 Å². The number of aromatic nitrogens is 2. The first-order chi connectivity index (χ1) is 9.54. The largest absolute Gasteiger partial charge is 0.353 e. The molecule has 2 amide bonds. The van der Waals surface area contributed by atoms with Crippen molar-refractivity contribution >= 4 is 11.8 Å². The van der Waals surface area contributed by atoms with E-state index in [1.54, 1.807) is 10.9 Å². The second kappa shape index (κ2) is 4.92. The molecule has 0 saturated carbocycles. The quantitative estimate of drug-likeness (QED) is 0.810. The first-order valence-corrected chi connectivity index (χ1v) is 7.13. The van der Waals surface area contributed by atoms with E-state index in [9.17, 15) is 9.59 Å². The van der Waals surface area contributed by atoms with E-state index < -0.39 is 0 Å². The Labute approximate surface area is 118 Å². The highest BCUT2D eigenvalue weighted by molar-refractivity contribution is 5.95. The van der Waals surface area contributed by atoms with Gasteiger partial charge in [0, 0.05) is 38.8 Å². The van der Waals surface area contributed by atoms with Gasteiger partial charge in [-0.1, -0.05) is 0 Å². The van der Waals surface area contributed by atoms with E-state index in [1.807, 2.05) is 18.9 Å². The fourth-order valence-electron chi connectivity index (χ4n) is 3.27. The number of hydrogen-bond donors (Lipinski definition) is 1. The van der Waals surface area contributed by atoms with Gasteiger partial charge in [-0.25, -0.2) is 0 Å². The molecule has 2 fully saturated rings. The van der Waals surface area contributed by atoms with Gasteiger partial charge in [0.15, 0.2) is 0 Å². The van der Waals surface area contributed by atoms with Gasteiger partial charge in [0.25, 0.3) is 5.91 Å². The van der Waals surface area contributed by atoms with Gasteiger partial charge in [0.2, 0.25) is 5.91 Å². The van der Waals surface area contributed by atoms with Crippen molar-refractivity contribution in [1.82, 2.24) is 20.0 Å². The predicted octanol–water partition coefficient (Wildman–Crippen LogP) is 0.469. The van der Waals surface area contributed by atoms with E-state index in [1.165, 1.54) is 0 Å². The molecule has 1 N–H and O–H groups in total. The summed E-state index contributed by atoms with van der Waals surface area (Å²) in [5.41, 5.74) is 1.46. The molecule has 6 heteroatoms. The molecule has 0 spiro atoms. The van der Waals surface area contributed by atoms with E-state index in [0.717, 1.165) is 25.1 Å². The maximum atomic E-state index is 12.6. The lowest BCUT2D eigenvalue weighted by Gasteiger charge is -2.41. The van der Waals surface area contributed by atoms with Crippen LogP contribution in [0.3, 0.4) is 0 Å². The Morgan fingerprint density at radius 2 is 2.25 bits per heavy atom. The number of nitrogens with zero attached hydrogens (tertiary/aromatic N) is 3. The topological polar surface area (TPSA) is 67.2 Å². The molecule has 2 aliphatic rings. The van der Waals surface area contributed by atoms with Crippen LogP contribution in [0, 0.1) is 12.8 Å². The number of aryl methyl sites for hydroxylation is 2. The minimum atomic E-state index is 0.0611. The molecular weight excluding hydrogens is 256 g/mol. The lowest BCUT2D eigenvalue weighted by molar-refractivity contribution is -0.125. The molecule has 0 aromatic carbocycles. The highest BCUT2D eigenvalue weighted by Crippen LogP contribution is 2.26. The molecule has 6 nitrogen and oxygen atoms in total. The van der Waals surface area contributed by atoms with Crippen LogP contribution in [-0.4, -0.2) is 45.6 Å². The monoisotopic (exact) mass is 276 g/mol. The lowest BCUT2D eigenvalue weighted by atomic mass is 9.85. The zero-order valence-corrected chi connectivity index (χ0v) is 11.9. The Morgan fingerprint density at radius 1 is 1.45 bits per heavy atom. The van der Waals surface area contributed by atoms with Crippen molar-refractivity contribution in [2.75, 3.05) is 13.1 Å². The molecule has 2 aliphatic heterocycles. The maximum absolute atomic E-state index is 12.6. The summed E-state index contributed by atoms with van der Waals surface area (Å²) in [5, 5.41) is 7.27. The van der Waals surface area contributed by atoms with Gasteiger partial charge in [0.1, 0.15) is 0 Å². The summed E-state index contributed by atoms with van der Waals surface area (Å²) < 4.78 is 1.68. The van der Waals surface area contributed by atoms with Gasteiger partial charge in [-0.3, -0.25) is 14.3 Å². The van der Waals surface area contributed by atoms with Gasteiger partial charge in [0.05, 0.1) is 11.3 Å². The highest BCUT2D eigenvalue weighted by Gasteiger charge is 2.35. The van der Waals surface area contributed by atoms with Crippen LogP contribution in [0.4, 0.5) is 0 Å². The number of carbonyl (C=O) groups excluding carboxylic acids is 2. The van der Waals surface area contributed by atoms with Crippen molar-refractivity contribution in [3.63, 3.8) is 0 Å². The molecule has 3 rings (SSSR count). The fraction of sp³-hybridized carbons (Fsp3) is 0.643. The summed E-state index contributed by atoms with van der Waals surface area (Å²) in [4.78, 5) is 25.9. The second-order valence-corrected chi connectivity index (χ2v) is 5.81. The maximum Gasteiger partial charge on any atom is 0.257 e. The third-order valence-electron chi connectivity index (χ3n) is 4.35. The minimum absolute atomic E-state index is 0.0611.